The van der Waals surface area contributed by atoms with Crippen LogP contribution >= 0.6 is 11.6 Å². The van der Waals surface area contributed by atoms with E-state index in [9.17, 15) is 8.42 Å². The highest BCUT2D eigenvalue weighted by Crippen LogP contribution is 2.26. The normalized spacial score (nSPS) is 13.1. The monoisotopic (exact) mass is 351 g/mol. The highest BCUT2D eigenvalue weighted by atomic mass is 35.5. The molecule has 0 aromatic heterocycles. The Hall–Kier alpha value is -1.36. The molecule has 0 heterocycles. The number of sulfonamides is 1. The summed E-state index contributed by atoms with van der Waals surface area (Å²) < 4.78 is 28.5. The minimum Gasteiger partial charge on any atom is -0.207 e. The lowest BCUT2D eigenvalue weighted by Crippen LogP contribution is -2.29. The van der Waals surface area contributed by atoms with Gasteiger partial charge in [-0.05, 0) is 56.0 Å². The van der Waals surface area contributed by atoms with Crippen molar-refractivity contribution in [2.75, 3.05) is 0 Å². The highest BCUT2D eigenvalue weighted by Gasteiger charge is 2.23. The molecule has 1 atom stereocenters. The molecule has 3 nitrogen and oxygen atoms in total. The molecule has 2 aromatic carbocycles. The third kappa shape index (κ3) is 4.14. The van der Waals surface area contributed by atoms with Gasteiger partial charge in [0.25, 0.3) is 0 Å². The van der Waals surface area contributed by atoms with Gasteiger partial charge in [0.15, 0.2) is 0 Å². The van der Waals surface area contributed by atoms with E-state index in [4.69, 9.17) is 11.6 Å². The van der Waals surface area contributed by atoms with Gasteiger partial charge in [-0.25, -0.2) is 13.1 Å². The second-order valence-electron chi connectivity index (χ2n) is 5.86. The zero-order valence-corrected chi connectivity index (χ0v) is 15.4. The predicted octanol–water partition coefficient (Wildman–Crippen LogP) is 4.69. The van der Waals surface area contributed by atoms with E-state index in [1.165, 1.54) is 0 Å². The van der Waals surface area contributed by atoms with Crippen LogP contribution in [0, 0.1) is 20.8 Å². The standard InChI is InChI=1S/C18H22ClNO2S/c1-5-17(15-6-8-16(19)9-7-15)20-23(21,22)18-13(3)10-12(2)11-14(18)4/h6-11,17,20H,5H2,1-4H3/t17-/m1/s1. The zero-order chi connectivity index (χ0) is 17.2. The Morgan fingerprint density at radius 2 is 1.57 bits per heavy atom. The van der Waals surface area contributed by atoms with Crippen LogP contribution in [0.25, 0.3) is 0 Å². The molecule has 5 heteroatoms. The minimum atomic E-state index is -3.59. The topological polar surface area (TPSA) is 46.2 Å². The molecule has 0 saturated carbocycles. The van der Waals surface area contributed by atoms with Crippen LogP contribution in [0.2, 0.25) is 5.02 Å². The first-order chi connectivity index (χ1) is 10.7. The molecule has 124 valence electrons. The molecule has 0 aliphatic carbocycles. The lowest BCUT2D eigenvalue weighted by molar-refractivity contribution is 0.549. The third-order valence-electron chi connectivity index (χ3n) is 3.85. The first-order valence-electron chi connectivity index (χ1n) is 7.60. The molecule has 0 bridgehead atoms. The van der Waals surface area contributed by atoms with Crippen molar-refractivity contribution < 1.29 is 8.42 Å². The summed E-state index contributed by atoms with van der Waals surface area (Å²) in [5, 5.41) is 0.636. The van der Waals surface area contributed by atoms with E-state index < -0.39 is 10.0 Å². The lowest BCUT2D eigenvalue weighted by Gasteiger charge is -2.20. The summed E-state index contributed by atoms with van der Waals surface area (Å²) in [6.45, 7) is 7.58. The summed E-state index contributed by atoms with van der Waals surface area (Å²) in [7, 11) is -3.59. The lowest BCUT2D eigenvalue weighted by atomic mass is 10.1. The van der Waals surface area contributed by atoms with Gasteiger partial charge in [0.1, 0.15) is 0 Å². The highest BCUT2D eigenvalue weighted by molar-refractivity contribution is 7.89. The summed E-state index contributed by atoms with van der Waals surface area (Å²) in [6, 6.07) is 10.8. The Balaban J connectivity index is 2.38. The number of hydrogen-bond acceptors (Lipinski definition) is 2. The molecule has 23 heavy (non-hydrogen) atoms. The van der Waals surface area contributed by atoms with Crippen LogP contribution in [0.3, 0.4) is 0 Å². The number of hydrogen-bond donors (Lipinski definition) is 1. The number of halogens is 1. The molecule has 0 amide bonds. The van der Waals surface area contributed by atoms with E-state index in [2.05, 4.69) is 4.72 Å². The maximum Gasteiger partial charge on any atom is 0.241 e. The number of nitrogens with one attached hydrogen (secondary N) is 1. The number of benzene rings is 2. The van der Waals surface area contributed by atoms with Crippen LogP contribution in [0.15, 0.2) is 41.3 Å². The predicted molar refractivity (Wildman–Crippen MR) is 95.5 cm³/mol. The van der Waals surface area contributed by atoms with Crippen molar-refractivity contribution >= 4 is 21.6 Å². The molecule has 0 saturated heterocycles. The third-order valence-corrected chi connectivity index (χ3v) is 5.88. The largest absolute Gasteiger partial charge is 0.241 e. The van der Waals surface area contributed by atoms with Gasteiger partial charge in [-0.15, -0.1) is 0 Å². The van der Waals surface area contributed by atoms with Gasteiger partial charge < -0.3 is 0 Å². The van der Waals surface area contributed by atoms with Crippen molar-refractivity contribution in [2.24, 2.45) is 0 Å². The van der Waals surface area contributed by atoms with Crippen LogP contribution in [-0.2, 0) is 10.0 Å². The van der Waals surface area contributed by atoms with Crippen LogP contribution in [0.1, 0.15) is 41.6 Å². The Labute approximate surface area is 143 Å². The fraction of sp³-hybridized carbons (Fsp3) is 0.333. The molecule has 0 aliphatic heterocycles. The van der Waals surface area contributed by atoms with Crippen molar-refractivity contribution in [3.63, 3.8) is 0 Å². The van der Waals surface area contributed by atoms with E-state index in [-0.39, 0.29) is 6.04 Å². The smallest absolute Gasteiger partial charge is 0.207 e. The molecule has 0 spiro atoms. The number of rotatable bonds is 5. The van der Waals surface area contributed by atoms with Crippen LogP contribution in [0.5, 0.6) is 0 Å². The molecule has 2 aromatic rings. The van der Waals surface area contributed by atoms with Gasteiger partial charge in [0, 0.05) is 11.1 Å². The Kier molecular flexibility index (Phi) is 5.50. The Bertz CT molecular complexity index is 775. The maximum absolute atomic E-state index is 12.9. The van der Waals surface area contributed by atoms with Crippen LogP contribution in [-0.4, -0.2) is 8.42 Å². The van der Waals surface area contributed by atoms with Crippen molar-refractivity contribution in [3.05, 3.63) is 63.7 Å². The molecule has 0 aliphatic rings. The summed E-state index contributed by atoms with van der Waals surface area (Å²) >= 11 is 5.91. The van der Waals surface area contributed by atoms with Gasteiger partial charge in [0.05, 0.1) is 4.90 Å². The minimum absolute atomic E-state index is 0.280. The average molecular weight is 352 g/mol. The molecular formula is C18H22ClNO2S. The zero-order valence-electron chi connectivity index (χ0n) is 13.9. The van der Waals surface area contributed by atoms with E-state index in [1.54, 1.807) is 12.1 Å². The fourth-order valence-electron chi connectivity index (χ4n) is 2.92. The van der Waals surface area contributed by atoms with Gasteiger partial charge in [-0.2, -0.15) is 0 Å². The maximum atomic E-state index is 12.9. The van der Waals surface area contributed by atoms with Gasteiger partial charge in [-0.1, -0.05) is 48.4 Å². The first-order valence-corrected chi connectivity index (χ1v) is 9.46. The van der Waals surface area contributed by atoms with Crippen molar-refractivity contribution in [2.45, 2.75) is 45.1 Å². The number of aryl methyl sites for hydroxylation is 3. The van der Waals surface area contributed by atoms with E-state index in [0.717, 1.165) is 22.3 Å². The van der Waals surface area contributed by atoms with Gasteiger partial charge in [0.2, 0.25) is 10.0 Å². The summed E-state index contributed by atoms with van der Waals surface area (Å²) in [6.07, 6.45) is 0.658. The van der Waals surface area contributed by atoms with Gasteiger partial charge >= 0.3 is 0 Å². The van der Waals surface area contributed by atoms with E-state index in [1.807, 2.05) is 52.0 Å². The second kappa shape index (κ2) is 7.04. The SMILES string of the molecule is CC[C@@H](NS(=O)(=O)c1c(C)cc(C)cc1C)c1ccc(Cl)cc1. The van der Waals surface area contributed by atoms with E-state index >= 15 is 0 Å². The Morgan fingerprint density at radius 3 is 2.04 bits per heavy atom. The van der Waals surface area contributed by atoms with Crippen molar-refractivity contribution in [1.29, 1.82) is 0 Å². The molecule has 2 rings (SSSR count). The quantitative estimate of drug-likeness (QED) is 0.849. The van der Waals surface area contributed by atoms with E-state index in [0.29, 0.717) is 16.3 Å². The Morgan fingerprint density at radius 1 is 1.04 bits per heavy atom. The summed E-state index contributed by atoms with van der Waals surface area (Å²) in [4.78, 5) is 0.371. The van der Waals surface area contributed by atoms with Crippen LogP contribution in [0.4, 0.5) is 0 Å². The molecular weight excluding hydrogens is 330 g/mol. The van der Waals surface area contributed by atoms with Crippen LogP contribution < -0.4 is 4.72 Å². The van der Waals surface area contributed by atoms with Crippen molar-refractivity contribution in [1.82, 2.24) is 4.72 Å². The first kappa shape index (κ1) is 18.0. The molecule has 0 fully saturated rings. The molecule has 0 unspecified atom stereocenters. The van der Waals surface area contributed by atoms with Crippen molar-refractivity contribution in [3.8, 4) is 0 Å². The fourth-order valence-corrected chi connectivity index (χ4v) is 4.81. The molecule has 0 radical (unpaired) electrons. The summed E-state index contributed by atoms with van der Waals surface area (Å²) in [5.41, 5.74) is 3.49. The summed E-state index contributed by atoms with van der Waals surface area (Å²) in [5.74, 6) is 0. The van der Waals surface area contributed by atoms with Gasteiger partial charge in [-0.3, -0.25) is 0 Å². The second-order valence-corrected chi connectivity index (χ2v) is 7.95. The average Bonchev–Trinajstić information content (AvgIpc) is 2.44. The molecule has 1 N–H and O–H groups in total.